The van der Waals surface area contributed by atoms with Gasteiger partial charge in [-0.25, -0.2) is 12.8 Å². The molecule has 1 aliphatic rings. The first-order chi connectivity index (χ1) is 20.2. The summed E-state index contributed by atoms with van der Waals surface area (Å²) in [6.45, 7) is 1.26. The summed E-state index contributed by atoms with van der Waals surface area (Å²) in [6, 6.07) is 20.9. The highest BCUT2D eigenvalue weighted by Crippen LogP contribution is 2.30. The molecule has 0 saturated heterocycles. The van der Waals surface area contributed by atoms with Crippen LogP contribution in [0.3, 0.4) is 0 Å². The van der Waals surface area contributed by atoms with Gasteiger partial charge in [0.15, 0.2) is 0 Å². The van der Waals surface area contributed by atoms with Crippen molar-refractivity contribution >= 4 is 27.5 Å². The standard InChI is InChI=1S/C32H38FN3O5S/c1-3-41-30-20-12-11-19-28(30)36(42(2,39)40)23-31(37)35(22-25-15-7-10-18-27(25)33)29(21-24-13-5-4-6-14-24)32(38)34-26-16-8-9-17-26/h4-7,10-15,18-20,26,29H,3,8-9,16-17,21-23H2,1-2H3,(H,34,38)/t29-/m0/s1. The zero-order valence-corrected chi connectivity index (χ0v) is 24.9. The molecule has 1 atom stereocenters. The zero-order valence-electron chi connectivity index (χ0n) is 24.0. The molecule has 224 valence electrons. The molecule has 4 rings (SSSR count). The fraction of sp³-hybridized carbons (Fsp3) is 0.375. The van der Waals surface area contributed by atoms with Crippen molar-refractivity contribution in [1.82, 2.24) is 10.2 Å². The van der Waals surface area contributed by atoms with Crippen LogP contribution in [0.5, 0.6) is 5.75 Å². The van der Waals surface area contributed by atoms with Crippen molar-refractivity contribution in [2.45, 2.75) is 57.7 Å². The second-order valence-electron chi connectivity index (χ2n) is 10.5. The molecular formula is C32H38FN3O5S. The molecule has 0 bridgehead atoms. The van der Waals surface area contributed by atoms with Gasteiger partial charge < -0.3 is 15.0 Å². The second-order valence-corrected chi connectivity index (χ2v) is 12.4. The molecule has 1 aliphatic carbocycles. The van der Waals surface area contributed by atoms with Gasteiger partial charge in [-0.2, -0.15) is 0 Å². The average molecular weight is 596 g/mol. The number of carbonyl (C=O) groups is 2. The molecule has 8 nitrogen and oxygen atoms in total. The van der Waals surface area contributed by atoms with E-state index in [2.05, 4.69) is 5.32 Å². The van der Waals surface area contributed by atoms with Crippen molar-refractivity contribution in [3.8, 4) is 5.75 Å². The van der Waals surface area contributed by atoms with Gasteiger partial charge in [-0.3, -0.25) is 13.9 Å². The van der Waals surface area contributed by atoms with Gasteiger partial charge in [0, 0.05) is 24.6 Å². The van der Waals surface area contributed by atoms with E-state index in [-0.39, 0.29) is 36.2 Å². The van der Waals surface area contributed by atoms with Crippen molar-refractivity contribution < 1.29 is 27.1 Å². The Balaban J connectivity index is 1.75. The fourth-order valence-corrected chi connectivity index (χ4v) is 6.12. The first-order valence-electron chi connectivity index (χ1n) is 14.2. The molecule has 10 heteroatoms. The summed E-state index contributed by atoms with van der Waals surface area (Å²) >= 11 is 0. The summed E-state index contributed by atoms with van der Waals surface area (Å²) in [5.74, 6) is -1.21. The number of carbonyl (C=O) groups excluding carboxylic acids is 2. The Hall–Kier alpha value is -3.92. The van der Waals surface area contributed by atoms with Crippen LogP contribution in [-0.2, 0) is 32.6 Å². The predicted molar refractivity (Wildman–Crippen MR) is 161 cm³/mol. The molecule has 0 radical (unpaired) electrons. The molecular weight excluding hydrogens is 557 g/mol. The average Bonchev–Trinajstić information content (AvgIpc) is 3.48. The molecule has 3 aromatic rings. The monoisotopic (exact) mass is 595 g/mol. The summed E-state index contributed by atoms with van der Waals surface area (Å²) in [7, 11) is -3.96. The van der Waals surface area contributed by atoms with Crippen molar-refractivity contribution in [2.75, 3.05) is 23.7 Å². The number of nitrogens with zero attached hydrogens (tertiary/aromatic N) is 2. The van der Waals surface area contributed by atoms with Gasteiger partial charge in [-0.1, -0.05) is 73.5 Å². The summed E-state index contributed by atoms with van der Waals surface area (Å²) < 4.78 is 47.6. The molecule has 0 spiro atoms. The third-order valence-corrected chi connectivity index (χ3v) is 8.51. The molecule has 42 heavy (non-hydrogen) atoms. The molecule has 1 N–H and O–H groups in total. The van der Waals surface area contributed by atoms with Crippen LogP contribution in [0.1, 0.15) is 43.7 Å². The van der Waals surface area contributed by atoms with Crippen LogP contribution >= 0.6 is 0 Å². The molecule has 1 saturated carbocycles. The SMILES string of the molecule is CCOc1ccccc1N(CC(=O)N(Cc1ccccc1F)[C@@H](Cc1ccccc1)C(=O)NC1CCCC1)S(C)(=O)=O. The van der Waals surface area contributed by atoms with Crippen molar-refractivity contribution in [3.05, 3.63) is 95.8 Å². The van der Waals surface area contributed by atoms with E-state index in [0.717, 1.165) is 41.8 Å². The van der Waals surface area contributed by atoms with Crippen LogP contribution in [-0.4, -0.2) is 56.6 Å². The van der Waals surface area contributed by atoms with E-state index < -0.39 is 34.3 Å². The number of benzene rings is 3. The third kappa shape index (κ3) is 8.09. The number of halogens is 1. The quantitative estimate of drug-likeness (QED) is 0.309. The lowest BCUT2D eigenvalue weighted by Gasteiger charge is -2.34. The van der Waals surface area contributed by atoms with Crippen LogP contribution < -0.4 is 14.4 Å². The van der Waals surface area contributed by atoms with Gasteiger partial charge in [0.05, 0.1) is 18.6 Å². The largest absolute Gasteiger partial charge is 0.492 e. The Kier molecular flexibility index (Phi) is 10.6. The number of sulfonamides is 1. The normalized spacial score (nSPS) is 14.3. The van der Waals surface area contributed by atoms with Crippen molar-refractivity contribution in [1.29, 1.82) is 0 Å². The maximum Gasteiger partial charge on any atom is 0.244 e. The Bertz CT molecular complexity index is 1460. The van der Waals surface area contributed by atoms with E-state index >= 15 is 0 Å². The predicted octanol–water partition coefficient (Wildman–Crippen LogP) is 4.69. The van der Waals surface area contributed by atoms with Gasteiger partial charge in [-0.15, -0.1) is 0 Å². The van der Waals surface area contributed by atoms with Crippen molar-refractivity contribution in [3.63, 3.8) is 0 Å². The molecule has 0 heterocycles. The van der Waals surface area contributed by atoms with Crippen LogP contribution in [0.4, 0.5) is 10.1 Å². The number of anilines is 1. The lowest BCUT2D eigenvalue weighted by Crippen LogP contribution is -2.54. The van der Waals surface area contributed by atoms with E-state index in [0.29, 0.717) is 12.4 Å². The van der Waals surface area contributed by atoms with E-state index in [4.69, 9.17) is 4.74 Å². The number of hydrogen-bond acceptors (Lipinski definition) is 5. The molecule has 2 amide bonds. The Morgan fingerprint density at radius 3 is 2.29 bits per heavy atom. The number of hydrogen-bond donors (Lipinski definition) is 1. The van der Waals surface area contributed by atoms with Crippen LogP contribution in [0, 0.1) is 5.82 Å². The van der Waals surface area contributed by atoms with E-state index in [1.807, 2.05) is 30.3 Å². The van der Waals surface area contributed by atoms with Crippen LogP contribution in [0.15, 0.2) is 78.9 Å². The maximum absolute atomic E-state index is 14.9. The molecule has 0 unspecified atom stereocenters. The van der Waals surface area contributed by atoms with E-state index in [9.17, 15) is 22.4 Å². The van der Waals surface area contributed by atoms with Gasteiger partial charge in [0.25, 0.3) is 0 Å². The van der Waals surface area contributed by atoms with Gasteiger partial charge >= 0.3 is 0 Å². The van der Waals surface area contributed by atoms with E-state index in [1.54, 1.807) is 49.4 Å². The summed E-state index contributed by atoms with van der Waals surface area (Å²) in [5.41, 5.74) is 1.24. The number of nitrogens with one attached hydrogen (secondary N) is 1. The first kappa shape index (κ1) is 31.0. The minimum absolute atomic E-state index is 0.00762. The number of amides is 2. The lowest BCUT2D eigenvalue weighted by atomic mass is 10.0. The number of para-hydroxylation sites is 2. The van der Waals surface area contributed by atoms with Crippen LogP contribution in [0.25, 0.3) is 0 Å². The summed E-state index contributed by atoms with van der Waals surface area (Å²) in [6.07, 6.45) is 4.90. The zero-order chi connectivity index (χ0) is 30.1. The second kappa shape index (κ2) is 14.3. The maximum atomic E-state index is 14.9. The molecule has 3 aromatic carbocycles. The van der Waals surface area contributed by atoms with Gasteiger partial charge in [0.1, 0.15) is 24.2 Å². The highest BCUT2D eigenvalue weighted by Gasteiger charge is 2.35. The topological polar surface area (TPSA) is 96.0 Å². The molecule has 1 fully saturated rings. The minimum Gasteiger partial charge on any atom is -0.492 e. The fourth-order valence-electron chi connectivity index (χ4n) is 5.27. The number of rotatable bonds is 13. The minimum atomic E-state index is -3.96. The molecule has 0 aromatic heterocycles. The van der Waals surface area contributed by atoms with Crippen LogP contribution in [0.2, 0.25) is 0 Å². The highest BCUT2D eigenvalue weighted by molar-refractivity contribution is 7.92. The lowest BCUT2D eigenvalue weighted by molar-refractivity contribution is -0.140. The Morgan fingerprint density at radius 2 is 1.62 bits per heavy atom. The van der Waals surface area contributed by atoms with Crippen molar-refractivity contribution in [2.24, 2.45) is 0 Å². The third-order valence-electron chi connectivity index (χ3n) is 7.38. The highest BCUT2D eigenvalue weighted by atomic mass is 32.2. The Morgan fingerprint density at radius 1 is 0.976 bits per heavy atom. The Labute approximate surface area is 247 Å². The first-order valence-corrected chi connectivity index (χ1v) is 16.1. The smallest absolute Gasteiger partial charge is 0.244 e. The summed E-state index contributed by atoms with van der Waals surface area (Å²) in [5, 5.41) is 3.10. The molecule has 0 aliphatic heterocycles. The van der Waals surface area contributed by atoms with Gasteiger partial charge in [0.2, 0.25) is 21.8 Å². The summed E-state index contributed by atoms with van der Waals surface area (Å²) in [4.78, 5) is 29.4. The van der Waals surface area contributed by atoms with Gasteiger partial charge in [-0.05, 0) is 43.5 Å². The number of ether oxygens (including phenoxy) is 1. The van der Waals surface area contributed by atoms with E-state index in [1.165, 1.54) is 11.0 Å².